The Morgan fingerprint density at radius 1 is 1.27 bits per heavy atom. The molecule has 1 heterocycles. The van der Waals surface area contributed by atoms with Crippen LogP contribution in [0.5, 0.6) is 0 Å². The van der Waals surface area contributed by atoms with E-state index < -0.39 is 0 Å². The Morgan fingerprint density at radius 3 is 2.47 bits per heavy atom. The summed E-state index contributed by atoms with van der Waals surface area (Å²) in [7, 11) is 4.08. The van der Waals surface area contributed by atoms with Gasteiger partial charge in [0.05, 0.1) is 6.61 Å². The number of pyridine rings is 1. The lowest BCUT2D eigenvalue weighted by Crippen LogP contribution is -2.34. The van der Waals surface area contributed by atoms with Crippen LogP contribution in [0.4, 0.5) is 5.69 Å². The van der Waals surface area contributed by atoms with Gasteiger partial charge in [-0.2, -0.15) is 4.57 Å². The van der Waals surface area contributed by atoms with Gasteiger partial charge in [-0.05, 0) is 6.42 Å². The molecule has 0 saturated heterocycles. The van der Waals surface area contributed by atoms with Gasteiger partial charge in [0.2, 0.25) is 0 Å². The minimum Gasteiger partial charge on any atom is -0.377 e. The van der Waals surface area contributed by atoms with E-state index in [2.05, 4.69) is 24.0 Å². The topological polar surface area (TPSA) is 16.4 Å². The Bertz CT molecular complexity index is 269. The molecule has 0 spiro atoms. The van der Waals surface area contributed by atoms with Gasteiger partial charge < -0.3 is 9.64 Å². The lowest BCUT2D eigenvalue weighted by atomic mass is 10.4. The van der Waals surface area contributed by atoms with Gasteiger partial charge in [0.1, 0.15) is 0 Å². The van der Waals surface area contributed by atoms with Crippen LogP contribution in [0.1, 0.15) is 19.8 Å². The maximum Gasteiger partial charge on any atom is 0.252 e. The molecule has 0 fully saturated rings. The van der Waals surface area contributed by atoms with E-state index in [0.717, 1.165) is 13.0 Å². The molecule has 0 bridgehead atoms. The molecule has 1 rings (SSSR count). The van der Waals surface area contributed by atoms with Gasteiger partial charge in [0.25, 0.3) is 6.73 Å². The molecule has 0 amide bonds. The third-order valence-corrected chi connectivity index (χ3v) is 2.27. The van der Waals surface area contributed by atoms with Crippen molar-refractivity contribution in [1.29, 1.82) is 0 Å². The van der Waals surface area contributed by atoms with Crippen LogP contribution in [0.25, 0.3) is 0 Å². The quantitative estimate of drug-likeness (QED) is 0.525. The van der Waals surface area contributed by atoms with E-state index in [1.807, 2.05) is 31.1 Å². The van der Waals surface area contributed by atoms with E-state index in [1.165, 1.54) is 12.1 Å². The molecule has 0 unspecified atom stereocenters. The molecule has 1 aromatic heterocycles. The van der Waals surface area contributed by atoms with Crippen molar-refractivity contribution in [2.24, 2.45) is 0 Å². The highest BCUT2D eigenvalue weighted by Crippen LogP contribution is 2.05. The van der Waals surface area contributed by atoms with E-state index in [0.29, 0.717) is 6.73 Å². The van der Waals surface area contributed by atoms with Crippen LogP contribution in [0.15, 0.2) is 24.5 Å². The van der Waals surface area contributed by atoms with Crippen molar-refractivity contribution in [3.05, 3.63) is 24.5 Å². The molecule has 0 radical (unpaired) electrons. The fourth-order valence-electron chi connectivity index (χ4n) is 1.25. The van der Waals surface area contributed by atoms with Crippen molar-refractivity contribution in [3.63, 3.8) is 0 Å². The summed E-state index contributed by atoms with van der Waals surface area (Å²) >= 11 is 0. The highest BCUT2D eigenvalue weighted by Gasteiger charge is 2.01. The number of nitrogens with zero attached hydrogens (tertiary/aromatic N) is 2. The van der Waals surface area contributed by atoms with E-state index in [9.17, 15) is 0 Å². The number of hydrogen-bond donors (Lipinski definition) is 0. The van der Waals surface area contributed by atoms with E-state index in [1.54, 1.807) is 0 Å². The minimum absolute atomic E-state index is 0.647. The van der Waals surface area contributed by atoms with Crippen molar-refractivity contribution < 1.29 is 9.30 Å². The predicted octanol–water partition coefficient (Wildman–Crippen LogP) is 1.81. The molecule has 0 saturated carbocycles. The average Bonchev–Trinajstić information content (AvgIpc) is 2.25. The normalized spacial score (nSPS) is 10.3. The average molecular weight is 209 g/mol. The van der Waals surface area contributed by atoms with Gasteiger partial charge in [-0.25, -0.2) is 0 Å². The summed E-state index contributed by atoms with van der Waals surface area (Å²) in [6.45, 7) is 3.66. The lowest BCUT2D eigenvalue weighted by Gasteiger charge is -2.10. The van der Waals surface area contributed by atoms with Crippen LogP contribution in [0.3, 0.4) is 0 Å². The van der Waals surface area contributed by atoms with Crippen LogP contribution in [0, 0.1) is 0 Å². The van der Waals surface area contributed by atoms with E-state index in [4.69, 9.17) is 4.74 Å². The molecule has 0 aliphatic carbocycles. The first kappa shape index (κ1) is 12.0. The summed E-state index contributed by atoms with van der Waals surface area (Å²) in [6.07, 6.45) is 6.41. The summed E-state index contributed by atoms with van der Waals surface area (Å²) < 4.78 is 7.55. The van der Waals surface area contributed by atoms with Crippen molar-refractivity contribution >= 4 is 5.69 Å². The second kappa shape index (κ2) is 6.40. The zero-order valence-corrected chi connectivity index (χ0v) is 9.94. The molecule has 0 aliphatic rings. The number of aromatic nitrogens is 1. The molecule has 15 heavy (non-hydrogen) atoms. The smallest absolute Gasteiger partial charge is 0.252 e. The van der Waals surface area contributed by atoms with Gasteiger partial charge in [-0.3, -0.25) is 0 Å². The van der Waals surface area contributed by atoms with Crippen LogP contribution >= 0.6 is 0 Å². The molecule has 3 heteroatoms. The third-order valence-electron chi connectivity index (χ3n) is 2.27. The van der Waals surface area contributed by atoms with Crippen LogP contribution in [-0.4, -0.2) is 20.7 Å². The molecular formula is C12H21N2O+. The van der Waals surface area contributed by atoms with Crippen molar-refractivity contribution in [3.8, 4) is 0 Å². The van der Waals surface area contributed by atoms with Crippen LogP contribution in [0.2, 0.25) is 0 Å². The number of hydrogen-bond acceptors (Lipinski definition) is 2. The first-order chi connectivity index (χ1) is 7.24. The molecule has 0 aromatic carbocycles. The van der Waals surface area contributed by atoms with Gasteiger partial charge in [0.15, 0.2) is 12.4 Å². The molecule has 1 aromatic rings. The Balaban J connectivity index is 2.36. The standard InChI is InChI=1S/C12H21N2O/c1-4-5-10-15-11-14-8-6-12(7-9-14)13(2)3/h6-9H,4-5,10-11H2,1-3H3/q+1. The summed E-state index contributed by atoms with van der Waals surface area (Å²) in [5, 5.41) is 0. The van der Waals surface area contributed by atoms with Crippen molar-refractivity contribution in [2.45, 2.75) is 26.5 Å². The number of ether oxygens (including phenoxy) is 1. The lowest BCUT2D eigenvalue weighted by molar-refractivity contribution is -0.732. The van der Waals surface area contributed by atoms with Crippen molar-refractivity contribution in [1.82, 2.24) is 0 Å². The maximum atomic E-state index is 5.51. The second-order valence-electron chi connectivity index (χ2n) is 3.86. The van der Waals surface area contributed by atoms with Gasteiger partial charge in [-0.1, -0.05) is 13.3 Å². The molecule has 0 atom stereocenters. The largest absolute Gasteiger partial charge is 0.377 e. The third kappa shape index (κ3) is 4.30. The zero-order valence-electron chi connectivity index (χ0n) is 9.94. The minimum atomic E-state index is 0.647. The van der Waals surface area contributed by atoms with Gasteiger partial charge in [-0.15, -0.1) is 0 Å². The number of unbranched alkanes of at least 4 members (excludes halogenated alkanes) is 1. The molecule has 0 aliphatic heterocycles. The van der Waals surface area contributed by atoms with Gasteiger partial charge >= 0.3 is 0 Å². The van der Waals surface area contributed by atoms with Gasteiger partial charge in [0, 0.05) is 31.9 Å². The monoisotopic (exact) mass is 209 g/mol. The fourth-order valence-corrected chi connectivity index (χ4v) is 1.25. The van der Waals surface area contributed by atoms with Crippen LogP contribution in [-0.2, 0) is 11.5 Å². The second-order valence-corrected chi connectivity index (χ2v) is 3.86. The molecule has 0 N–H and O–H groups in total. The predicted molar refractivity (Wildman–Crippen MR) is 61.8 cm³/mol. The summed E-state index contributed by atoms with van der Waals surface area (Å²) in [5.41, 5.74) is 1.21. The van der Waals surface area contributed by atoms with Crippen molar-refractivity contribution in [2.75, 3.05) is 25.6 Å². The number of rotatable bonds is 6. The Morgan fingerprint density at radius 2 is 1.93 bits per heavy atom. The Kier molecular flexibility index (Phi) is 5.12. The SMILES string of the molecule is CCCCOC[n+]1ccc(N(C)C)cc1. The maximum absolute atomic E-state index is 5.51. The zero-order chi connectivity index (χ0) is 11.1. The fraction of sp³-hybridized carbons (Fsp3) is 0.583. The summed E-state index contributed by atoms with van der Waals surface area (Å²) in [6, 6.07) is 4.17. The first-order valence-corrected chi connectivity index (χ1v) is 5.48. The highest BCUT2D eigenvalue weighted by atomic mass is 16.5. The Labute approximate surface area is 92.3 Å². The van der Waals surface area contributed by atoms with Crippen LogP contribution < -0.4 is 9.47 Å². The highest BCUT2D eigenvalue weighted by molar-refractivity contribution is 5.41. The summed E-state index contributed by atoms with van der Waals surface area (Å²) in [4.78, 5) is 2.09. The molecule has 3 nitrogen and oxygen atoms in total. The first-order valence-electron chi connectivity index (χ1n) is 5.48. The molecular weight excluding hydrogens is 188 g/mol. The van der Waals surface area contributed by atoms with E-state index in [-0.39, 0.29) is 0 Å². The van der Waals surface area contributed by atoms with E-state index >= 15 is 0 Å². The Hall–Kier alpha value is -1.09. The summed E-state index contributed by atoms with van der Waals surface area (Å²) in [5.74, 6) is 0. The number of anilines is 1. The molecule has 84 valence electrons.